The Morgan fingerprint density at radius 3 is 2.43 bits per heavy atom. The molecule has 6 heteroatoms. The summed E-state index contributed by atoms with van der Waals surface area (Å²) in [5.74, 6) is -0.573. The van der Waals surface area contributed by atoms with Gasteiger partial charge in [-0.1, -0.05) is 17.7 Å². The normalized spacial score (nSPS) is 12.0. The fraction of sp³-hybridized carbons (Fsp3) is 0.0667. The summed E-state index contributed by atoms with van der Waals surface area (Å²) in [6.45, 7) is 0. The molecule has 2 aromatic carbocycles. The second kappa shape index (κ2) is 4.77. The van der Waals surface area contributed by atoms with Gasteiger partial charge in [-0.2, -0.15) is 13.2 Å². The molecule has 3 rings (SSSR count). The van der Waals surface area contributed by atoms with E-state index >= 15 is 0 Å². The lowest BCUT2D eigenvalue weighted by molar-refractivity contribution is -0.137. The molecule has 1 heterocycles. The van der Waals surface area contributed by atoms with E-state index in [1.54, 1.807) is 6.20 Å². The van der Waals surface area contributed by atoms with E-state index in [1.807, 2.05) is 0 Å². The first kappa shape index (κ1) is 13.9. The second-order valence-corrected chi connectivity index (χ2v) is 5.00. The van der Waals surface area contributed by atoms with Gasteiger partial charge in [0.1, 0.15) is 5.82 Å². The van der Waals surface area contributed by atoms with Gasteiger partial charge in [-0.05, 0) is 35.9 Å². The van der Waals surface area contributed by atoms with Crippen LogP contribution in [0, 0.1) is 5.82 Å². The summed E-state index contributed by atoms with van der Waals surface area (Å²) >= 11 is 5.72. The summed E-state index contributed by atoms with van der Waals surface area (Å²) in [4.78, 5) is 2.90. The Hall–Kier alpha value is -2.01. The minimum atomic E-state index is -4.41. The van der Waals surface area contributed by atoms with Gasteiger partial charge in [-0.15, -0.1) is 0 Å². The van der Waals surface area contributed by atoms with Crippen LogP contribution in [0.4, 0.5) is 17.6 Å². The summed E-state index contributed by atoms with van der Waals surface area (Å²) in [5, 5.41) is 0.335. The third-order valence-corrected chi connectivity index (χ3v) is 3.53. The lowest BCUT2D eigenvalue weighted by Crippen LogP contribution is -2.04. The monoisotopic (exact) mass is 313 g/mol. The number of benzene rings is 2. The third-order valence-electron chi connectivity index (χ3n) is 3.24. The van der Waals surface area contributed by atoms with E-state index in [1.165, 1.54) is 24.3 Å². The van der Waals surface area contributed by atoms with Crippen molar-refractivity contribution in [2.45, 2.75) is 6.18 Å². The van der Waals surface area contributed by atoms with Gasteiger partial charge < -0.3 is 4.98 Å². The van der Waals surface area contributed by atoms with Crippen molar-refractivity contribution in [3.8, 4) is 11.1 Å². The van der Waals surface area contributed by atoms with E-state index in [9.17, 15) is 17.6 Å². The molecule has 0 bridgehead atoms. The van der Waals surface area contributed by atoms with Gasteiger partial charge in [0.05, 0.1) is 10.6 Å². The molecule has 0 atom stereocenters. The molecule has 1 nitrogen and oxygen atoms in total. The van der Waals surface area contributed by atoms with Gasteiger partial charge in [0.15, 0.2) is 0 Å². The van der Waals surface area contributed by atoms with Gasteiger partial charge in [-0.25, -0.2) is 4.39 Å². The highest BCUT2D eigenvalue weighted by Crippen LogP contribution is 2.36. The zero-order chi connectivity index (χ0) is 15.2. The number of halogens is 5. The quantitative estimate of drug-likeness (QED) is 0.559. The predicted molar refractivity (Wildman–Crippen MR) is 73.7 cm³/mol. The fourth-order valence-electron chi connectivity index (χ4n) is 2.20. The molecule has 0 saturated heterocycles. The maximum absolute atomic E-state index is 13.2. The van der Waals surface area contributed by atoms with Crippen LogP contribution in [0.3, 0.4) is 0 Å². The lowest BCUT2D eigenvalue weighted by atomic mass is 10.0. The SMILES string of the molecule is Fc1ccc(-c2c[nH]c3ccc(C(F)(F)F)cc23)cc1Cl. The van der Waals surface area contributed by atoms with Crippen LogP contribution in [0.5, 0.6) is 0 Å². The first-order chi connectivity index (χ1) is 9.86. The molecule has 108 valence electrons. The van der Waals surface area contributed by atoms with Crippen LogP contribution < -0.4 is 0 Å². The summed E-state index contributed by atoms with van der Waals surface area (Å²) in [7, 11) is 0. The van der Waals surface area contributed by atoms with Gasteiger partial charge in [0.25, 0.3) is 0 Å². The van der Waals surface area contributed by atoms with E-state index in [0.29, 0.717) is 22.0 Å². The van der Waals surface area contributed by atoms with E-state index in [0.717, 1.165) is 12.1 Å². The number of fused-ring (bicyclic) bond motifs is 1. The van der Waals surface area contributed by atoms with Crippen LogP contribution in [-0.4, -0.2) is 4.98 Å². The van der Waals surface area contributed by atoms with Crippen molar-refractivity contribution in [1.82, 2.24) is 4.98 Å². The minimum absolute atomic E-state index is 0.0752. The molecule has 0 fully saturated rings. The number of hydrogen-bond acceptors (Lipinski definition) is 0. The number of hydrogen-bond donors (Lipinski definition) is 1. The molecule has 0 saturated carbocycles. The van der Waals surface area contributed by atoms with Crippen molar-refractivity contribution in [3.05, 3.63) is 59.0 Å². The maximum atomic E-state index is 13.2. The maximum Gasteiger partial charge on any atom is 0.416 e. The van der Waals surface area contributed by atoms with Crippen molar-refractivity contribution in [2.24, 2.45) is 0 Å². The third kappa shape index (κ3) is 2.49. The summed E-state index contributed by atoms with van der Waals surface area (Å²) in [5.41, 5.74) is 0.924. The van der Waals surface area contributed by atoms with E-state index < -0.39 is 17.6 Å². The molecular formula is C15H8ClF4N. The topological polar surface area (TPSA) is 15.8 Å². The molecule has 0 amide bonds. The predicted octanol–water partition coefficient (Wildman–Crippen LogP) is 5.65. The number of aromatic nitrogens is 1. The highest BCUT2D eigenvalue weighted by molar-refractivity contribution is 6.31. The molecule has 0 radical (unpaired) electrons. The van der Waals surface area contributed by atoms with Crippen molar-refractivity contribution >= 4 is 22.5 Å². The largest absolute Gasteiger partial charge is 0.416 e. The minimum Gasteiger partial charge on any atom is -0.361 e. The van der Waals surface area contributed by atoms with E-state index in [2.05, 4.69) is 4.98 Å². The smallest absolute Gasteiger partial charge is 0.361 e. The highest BCUT2D eigenvalue weighted by atomic mass is 35.5. The van der Waals surface area contributed by atoms with Gasteiger partial charge in [0, 0.05) is 22.7 Å². The Labute approximate surface area is 122 Å². The Balaban J connectivity index is 2.20. The number of nitrogens with one attached hydrogen (secondary N) is 1. The van der Waals surface area contributed by atoms with Crippen LogP contribution in [0.2, 0.25) is 5.02 Å². The average molecular weight is 314 g/mol. The van der Waals surface area contributed by atoms with Crippen LogP contribution in [0.15, 0.2) is 42.6 Å². The number of rotatable bonds is 1. The van der Waals surface area contributed by atoms with Gasteiger partial charge in [-0.3, -0.25) is 0 Å². The van der Waals surface area contributed by atoms with Crippen molar-refractivity contribution in [3.63, 3.8) is 0 Å². The van der Waals surface area contributed by atoms with Crippen molar-refractivity contribution < 1.29 is 17.6 Å². The van der Waals surface area contributed by atoms with E-state index in [-0.39, 0.29) is 5.02 Å². The summed E-state index contributed by atoms with van der Waals surface area (Å²) < 4.78 is 51.6. The fourth-order valence-corrected chi connectivity index (χ4v) is 2.38. The highest BCUT2D eigenvalue weighted by Gasteiger charge is 2.30. The zero-order valence-corrected chi connectivity index (χ0v) is 11.2. The van der Waals surface area contributed by atoms with Crippen LogP contribution in [-0.2, 0) is 6.18 Å². The van der Waals surface area contributed by atoms with Crippen molar-refractivity contribution in [2.75, 3.05) is 0 Å². The van der Waals surface area contributed by atoms with Crippen molar-refractivity contribution in [1.29, 1.82) is 0 Å². The van der Waals surface area contributed by atoms with Crippen LogP contribution in [0.25, 0.3) is 22.0 Å². The molecular weight excluding hydrogens is 306 g/mol. The molecule has 3 aromatic rings. The average Bonchev–Trinajstić information content (AvgIpc) is 2.84. The molecule has 1 N–H and O–H groups in total. The second-order valence-electron chi connectivity index (χ2n) is 4.59. The van der Waals surface area contributed by atoms with Gasteiger partial charge >= 0.3 is 6.18 Å². The zero-order valence-electron chi connectivity index (χ0n) is 10.4. The summed E-state index contributed by atoms with van der Waals surface area (Å²) in [6.07, 6.45) is -2.84. The van der Waals surface area contributed by atoms with E-state index in [4.69, 9.17) is 11.6 Å². The molecule has 0 unspecified atom stereocenters. The Kier molecular flexibility index (Phi) is 3.17. The molecule has 0 aliphatic heterocycles. The lowest BCUT2D eigenvalue weighted by Gasteiger charge is -2.07. The molecule has 1 aromatic heterocycles. The Morgan fingerprint density at radius 2 is 1.76 bits per heavy atom. The molecule has 0 aliphatic carbocycles. The molecule has 0 spiro atoms. The summed E-state index contributed by atoms with van der Waals surface area (Å²) in [6, 6.07) is 7.50. The van der Waals surface area contributed by atoms with Crippen LogP contribution in [0.1, 0.15) is 5.56 Å². The standard InChI is InChI=1S/C15H8ClF4N/c16-12-5-8(1-3-13(12)17)11-7-21-14-4-2-9(6-10(11)14)15(18,19)20/h1-7,21H. The Bertz CT molecular complexity index is 820. The molecule has 21 heavy (non-hydrogen) atoms. The number of aromatic amines is 1. The first-order valence-electron chi connectivity index (χ1n) is 6.00. The number of H-pyrrole nitrogens is 1. The first-order valence-corrected chi connectivity index (χ1v) is 6.38. The number of alkyl halides is 3. The Morgan fingerprint density at radius 1 is 1.00 bits per heavy atom. The van der Waals surface area contributed by atoms with Crippen LogP contribution >= 0.6 is 11.6 Å². The van der Waals surface area contributed by atoms with Gasteiger partial charge in [0.2, 0.25) is 0 Å². The molecule has 0 aliphatic rings.